The van der Waals surface area contributed by atoms with Crippen molar-refractivity contribution in [3.05, 3.63) is 33.4 Å². The average Bonchev–Trinajstić information content (AvgIpc) is 2.28. The highest BCUT2D eigenvalue weighted by Gasteiger charge is 2.20. The number of nitrogens with two attached hydrogens (primary N) is 1. The molecule has 0 aliphatic rings. The molecule has 0 spiro atoms. The SMILES string of the molecule is C[C@@H](OC(=O)c1ccccc1I)C(=O)NC(N)=O. The van der Waals surface area contributed by atoms with E-state index in [1.54, 1.807) is 24.3 Å². The van der Waals surface area contributed by atoms with Crippen LogP contribution in [0, 0.1) is 3.57 Å². The van der Waals surface area contributed by atoms with Gasteiger partial charge in [0.15, 0.2) is 6.10 Å². The molecule has 0 aliphatic heterocycles. The third-order valence-electron chi connectivity index (χ3n) is 1.99. The quantitative estimate of drug-likeness (QED) is 0.620. The smallest absolute Gasteiger partial charge is 0.339 e. The van der Waals surface area contributed by atoms with Gasteiger partial charge >= 0.3 is 12.0 Å². The maximum atomic E-state index is 11.7. The van der Waals surface area contributed by atoms with Crippen molar-refractivity contribution in [2.75, 3.05) is 0 Å². The summed E-state index contributed by atoms with van der Waals surface area (Å²) in [4.78, 5) is 33.5. The van der Waals surface area contributed by atoms with Crippen molar-refractivity contribution < 1.29 is 19.1 Å². The van der Waals surface area contributed by atoms with Gasteiger partial charge in [-0.1, -0.05) is 12.1 Å². The number of esters is 1. The van der Waals surface area contributed by atoms with Crippen LogP contribution in [0.5, 0.6) is 0 Å². The Morgan fingerprint density at radius 3 is 2.50 bits per heavy atom. The van der Waals surface area contributed by atoms with Crippen molar-refractivity contribution in [2.45, 2.75) is 13.0 Å². The maximum absolute atomic E-state index is 11.7. The van der Waals surface area contributed by atoms with Crippen molar-refractivity contribution >= 4 is 40.5 Å². The summed E-state index contributed by atoms with van der Waals surface area (Å²) in [6.07, 6.45) is -1.10. The van der Waals surface area contributed by atoms with Gasteiger partial charge in [-0.2, -0.15) is 0 Å². The summed E-state index contributed by atoms with van der Waals surface area (Å²) in [7, 11) is 0. The topological polar surface area (TPSA) is 98.5 Å². The molecule has 0 fully saturated rings. The van der Waals surface area contributed by atoms with Gasteiger partial charge in [-0.05, 0) is 41.6 Å². The van der Waals surface area contributed by atoms with E-state index in [0.29, 0.717) is 9.13 Å². The zero-order chi connectivity index (χ0) is 13.7. The summed E-state index contributed by atoms with van der Waals surface area (Å²) in [5.41, 5.74) is 5.14. The first-order chi connectivity index (χ1) is 8.41. The number of carbonyl (C=O) groups excluding carboxylic acids is 3. The highest BCUT2D eigenvalue weighted by Crippen LogP contribution is 2.13. The molecule has 1 atom stereocenters. The second kappa shape index (κ2) is 6.34. The van der Waals surface area contributed by atoms with Crippen molar-refractivity contribution in [2.24, 2.45) is 5.73 Å². The van der Waals surface area contributed by atoms with Crippen LogP contribution in [0.15, 0.2) is 24.3 Å². The second-order valence-electron chi connectivity index (χ2n) is 3.38. The minimum atomic E-state index is -1.10. The van der Waals surface area contributed by atoms with Gasteiger partial charge in [0.2, 0.25) is 0 Å². The zero-order valence-electron chi connectivity index (χ0n) is 9.48. The lowest BCUT2D eigenvalue weighted by atomic mass is 10.2. The summed E-state index contributed by atoms with van der Waals surface area (Å²) in [6, 6.07) is 5.81. The highest BCUT2D eigenvalue weighted by atomic mass is 127. The molecule has 3 amide bonds. The van der Waals surface area contributed by atoms with Gasteiger partial charge in [0.1, 0.15) is 0 Å². The van der Waals surface area contributed by atoms with E-state index in [2.05, 4.69) is 0 Å². The number of rotatable bonds is 3. The summed E-state index contributed by atoms with van der Waals surface area (Å²) in [5.74, 6) is -1.39. The Kier molecular flexibility index (Phi) is 5.08. The number of imide groups is 1. The number of carbonyl (C=O) groups is 3. The third-order valence-corrected chi connectivity index (χ3v) is 2.93. The fourth-order valence-electron chi connectivity index (χ4n) is 1.13. The molecule has 0 unspecified atom stereocenters. The van der Waals surface area contributed by atoms with Gasteiger partial charge in [-0.3, -0.25) is 10.1 Å². The predicted molar refractivity (Wildman–Crippen MR) is 71.8 cm³/mol. The van der Waals surface area contributed by atoms with Crippen LogP contribution in [0.2, 0.25) is 0 Å². The molecule has 1 aromatic carbocycles. The summed E-state index contributed by atoms with van der Waals surface area (Å²) < 4.78 is 5.63. The first-order valence-corrected chi connectivity index (χ1v) is 6.05. The van der Waals surface area contributed by atoms with Crippen LogP contribution in [0.3, 0.4) is 0 Å². The predicted octanol–water partition coefficient (Wildman–Crippen LogP) is 1.03. The van der Waals surface area contributed by atoms with E-state index in [1.165, 1.54) is 6.92 Å². The molecule has 1 rings (SSSR count). The number of ether oxygens (including phenoxy) is 1. The molecular formula is C11H11IN2O4. The maximum Gasteiger partial charge on any atom is 0.339 e. The number of primary amides is 1. The molecule has 0 saturated heterocycles. The van der Waals surface area contributed by atoms with E-state index in [4.69, 9.17) is 10.5 Å². The van der Waals surface area contributed by atoms with E-state index in [-0.39, 0.29) is 0 Å². The number of urea groups is 1. The standard InChI is InChI=1S/C11H11IN2O4/c1-6(9(15)14-11(13)17)18-10(16)7-4-2-3-5-8(7)12/h2-6H,1H3,(H3,13,14,15,17)/t6-/m1/s1. The number of hydrogen-bond acceptors (Lipinski definition) is 4. The fraction of sp³-hybridized carbons (Fsp3) is 0.182. The normalized spacial score (nSPS) is 11.4. The van der Waals surface area contributed by atoms with Gasteiger partial charge in [-0.25, -0.2) is 9.59 Å². The van der Waals surface area contributed by atoms with E-state index < -0.39 is 24.0 Å². The van der Waals surface area contributed by atoms with E-state index >= 15 is 0 Å². The Labute approximate surface area is 117 Å². The van der Waals surface area contributed by atoms with E-state index in [1.807, 2.05) is 27.9 Å². The molecule has 0 radical (unpaired) electrons. The average molecular weight is 362 g/mol. The lowest BCUT2D eigenvalue weighted by Gasteiger charge is -2.12. The molecule has 0 aliphatic carbocycles. The Bertz CT molecular complexity index is 490. The summed E-state index contributed by atoms with van der Waals surface area (Å²) in [5, 5.41) is 1.83. The largest absolute Gasteiger partial charge is 0.449 e. The van der Waals surface area contributed by atoms with E-state index in [9.17, 15) is 14.4 Å². The lowest BCUT2D eigenvalue weighted by molar-refractivity contribution is -0.127. The Morgan fingerprint density at radius 2 is 1.94 bits per heavy atom. The van der Waals surface area contributed by atoms with Crippen LogP contribution >= 0.6 is 22.6 Å². The van der Waals surface area contributed by atoms with Gasteiger partial charge in [0.25, 0.3) is 5.91 Å². The molecular weight excluding hydrogens is 351 g/mol. The monoisotopic (exact) mass is 362 g/mol. The third kappa shape index (κ3) is 3.99. The number of nitrogens with one attached hydrogen (secondary N) is 1. The van der Waals surface area contributed by atoms with Crippen LogP contribution in [-0.4, -0.2) is 24.0 Å². The molecule has 0 bridgehead atoms. The zero-order valence-corrected chi connectivity index (χ0v) is 11.6. The van der Waals surface area contributed by atoms with Crippen molar-refractivity contribution in [3.63, 3.8) is 0 Å². The molecule has 0 aromatic heterocycles. The minimum absolute atomic E-state index is 0.358. The van der Waals surface area contributed by atoms with Crippen LogP contribution in [-0.2, 0) is 9.53 Å². The number of halogens is 1. The van der Waals surface area contributed by atoms with E-state index in [0.717, 1.165) is 0 Å². The van der Waals surface area contributed by atoms with Gasteiger partial charge in [0.05, 0.1) is 5.56 Å². The molecule has 1 aromatic rings. The molecule has 7 heteroatoms. The number of hydrogen-bond donors (Lipinski definition) is 2. The lowest BCUT2D eigenvalue weighted by Crippen LogP contribution is -2.42. The molecule has 0 heterocycles. The van der Waals surface area contributed by atoms with Gasteiger partial charge in [-0.15, -0.1) is 0 Å². The Balaban J connectivity index is 2.68. The highest BCUT2D eigenvalue weighted by molar-refractivity contribution is 14.1. The number of amides is 3. The fourth-order valence-corrected chi connectivity index (χ4v) is 1.73. The first kappa shape index (κ1) is 14.4. The Hall–Kier alpha value is -1.64. The van der Waals surface area contributed by atoms with Crippen molar-refractivity contribution in [1.29, 1.82) is 0 Å². The molecule has 6 nitrogen and oxygen atoms in total. The molecule has 18 heavy (non-hydrogen) atoms. The second-order valence-corrected chi connectivity index (χ2v) is 4.54. The van der Waals surface area contributed by atoms with Gasteiger partial charge in [0, 0.05) is 3.57 Å². The summed E-state index contributed by atoms with van der Waals surface area (Å²) >= 11 is 1.98. The van der Waals surface area contributed by atoms with Crippen molar-refractivity contribution in [3.8, 4) is 0 Å². The Morgan fingerprint density at radius 1 is 1.33 bits per heavy atom. The molecule has 96 valence electrons. The van der Waals surface area contributed by atoms with Crippen LogP contribution < -0.4 is 11.1 Å². The molecule has 0 saturated carbocycles. The van der Waals surface area contributed by atoms with Crippen molar-refractivity contribution in [1.82, 2.24) is 5.32 Å². The minimum Gasteiger partial charge on any atom is -0.449 e. The van der Waals surface area contributed by atoms with Crippen LogP contribution in [0.1, 0.15) is 17.3 Å². The summed E-state index contributed by atoms with van der Waals surface area (Å²) in [6.45, 7) is 1.35. The first-order valence-electron chi connectivity index (χ1n) is 4.97. The van der Waals surface area contributed by atoms with Gasteiger partial charge < -0.3 is 10.5 Å². The van der Waals surface area contributed by atoms with Crippen LogP contribution in [0.25, 0.3) is 0 Å². The van der Waals surface area contributed by atoms with Crippen LogP contribution in [0.4, 0.5) is 4.79 Å². The number of benzene rings is 1. The molecule has 3 N–H and O–H groups in total.